The molecule has 2 N–H and O–H groups in total. The summed E-state index contributed by atoms with van der Waals surface area (Å²) in [6.07, 6.45) is 0.671. The zero-order valence-corrected chi connectivity index (χ0v) is 10.7. The summed E-state index contributed by atoms with van der Waals surface area (Å²) in [7, 11) is 1.84. The van der Waals surface area contributed by atoms with Gasteiger partial charge in [0.25, 0.3) is 0 Å². The number of benzene rings is 2. The Morgan fingerprint density at radius 2 is 1.79 bits per heavy atom. The Balaban J connectivity index is 2.05. The zero-order chi connectivity index (χ0) is 13.8. The molecule has 0 amide bonds. The maximum absolute atomic E-state index is 13.2. The van der Waals surface area contributed by atoms with Crippen LogP contribution in [0.2, 0.25) is 0 Å². The van der Waals surface area contributed by atoms with E-state index in [1.54, 1.807) is 12.1 Å². The van der Waals surface area contributed by atoms with Gasteiger partial charge in [0.15, 0.2) is 0 Å². The summed E-state index contributed by atoms with van der Waals surface area (Å²) in [6, 6.07) is 10.7. The first-order valence-electron chi connectivity index (χ1n) is 6.07. The molecule has 0 spiro atoms. The van der Waals surface area contributed by atoms with Crippen LogP contribution in [0.4, 0.5) is 20.2 Å². The Bertz CT molecular complexity index is 570. The minimum Gasteiger partial charge on any atom is -0.397 e. The number of hydrogen-bond acceptors (Lipinski definition) is 2. The molecule has 0 aliphatic carbocycles. The molecule has 0 fully saturated rings. The fraction of sp³-hybridized carbons (Fsp3) is 0.200. The molecule has 2 aromatic rings. The number of hydrogen-bond donors (Lipinski definition) is 1. The van der Waals surface area contributed by atoms with E-state index in [4.69, 9.17) is 5.73 Å². The summed E-state index contributed by atoms with van der Waals surface area (Å²) < 4.78 is 26.2. The van der Waals surface area contributed by atoms with Crippen molar-refractivity contribution in [2.75, 3.05) is 24.2 Å². The molecule has 0 radical (unpaired) electrons. The van der Waals surface area contributed by atoms with Crippen LogP contribution in [0.15, 0.2) is 42.5 Å². The highest BCUT2D eigenvalue weighted by Gasteiger charge is 2.07. The van der Waals surface area contributed by atoms with Crippen LogP contribution in [0.3, 0.4) is 0 Å². The van der Waals surface area contributed by atoms with Gasteiger partial charge >= 0.3 is 0 Å². The van der Waals surface area contributed by atoms with Crippen molar-refractivity contribution in [1.29, 1.82) is 0 Å². The lowest BCUT2D eigenvalue weighted by atomic mass is 10.1. The summed E-state index contributed by atoms with van der Waals surface area (Å²) in [4.78, 5) is 1.86. The Kier molecular flexibility index (Phi) is 4.00. The third-order valence-electron chi connectivity index (χ3n) is 3.03. The van der Waals surface area contributed by atoms with Crippen LogP contribution in [-0.2, 0) is 6.42 Å². The lowest BCUT2D eigenvalue weighted by Crippen LogP contribution is -2.21. The lowest BCUT2D eigenvalue weighted by molar-refractivity contribution is 0.625. The van der Waals surface area contributed by atoms with Crippen molar-refractivity contribution in [2.45, 2.75) is 6.42 Å². The summed E-state index contributed by atoms with van der Waals surface area (Å²) >= 11 is 0. The molecule has 4 heteroatoms. The van der Waals surface area contributed by atoms with Crippen LogP contribution in [0, 0.1) is 11.6 Å². The molecule has 2 rings (SSSR count). The number of rotatable bonds is 4. The maximum Gasteiger partial charge on any atom is 0.125 e. The largest absolute Gasteiger partial charge is 0.397 e. The molecule has 100 valence electrons. The first-order valence-corrected chi connectivity index (χ1v) is 6.07. The highest BCUT2D eigenvalue weighted by molar-refractivity contribution is 5.67. The standard InChI is InChI=1S/C15H16F2N2/c1-19(15-10-13(17)5-6-14(15)18)8-7-11-3-2-4-12(16)9-11/h2-6,9-10H,7-8,18H2,1H3. The van der Waals surface area contributed by atoms with Crippen molar-refractivity contribution in [1.82, 2.24) is 0 Å². The maximum atomic E-state index is 13.2. The van der Waals surface area contributed by atoms with Crippen molar-refractivity contribution in [3.8, 4) is 0 Å². The number of nitrogens with two attached hydrogens (primary N) is 1. The molecular formula is C15H16F2N2. The second-order valence-electron chi connectivity index (χ2n) is 4.50. The average Bonchev–Trinajstić information content (AvgIpc) is 2.39. The number of halogens is 2. The predicted molar refractivity (Wildman–Crippen MR) is 74.2 cm³/mol. The third-order valence-corrected chi connectivity index (χ3v) is 3.03. The number of likely N-dealkylation sites (N-methyl/N-ethyl adjacent to an activating group) is 1. The van der Waals surface area contributed by atoms with Gasteiger partial charge in [0.05, 0.1) is 11.4 Å². The van der Waals surface area contributed by atoms with Crippen molar-refractivity contribution in [2.24, 2.45) is 0 Å². The van der Waals surface area contributed by atoms with Gasteiger partial charge in [-0.05, 0) is 42.3 Å². The van der Waals surface area contributed by atoms with Gasteiger partial charge in [-0.25, -0.2) is 8.78 Å². The summed E-state index contributed by atoms with van der Waals surface area (Å²) in [6.45, 7) is 0.636. The van der Waals surface area contributed by atoms with E-state index in [1.165, 1.54) is 24.3 Å². The van der Waals surface area contributed by atoms with E-state index in [1.807, 2.05) is 18.0 Å². The highest BCUT2D eigenvalue weighted by atomic mass is 19.1. The monoisotopic (exact) mass is 262 g/mol. The SMILES string of the molecule is CN(CCc1cccc(F)c1)c1cc(F)ccc1N. The second kappa shape index (κ2) is 5.69. The topological polar surface area (TPSA) is 29.3 Å². The van der Waals surface area contributed by atoms with E-state index in [0.29, 0.717) is 24.3 Å². The minimum atomic E-state index is -0.318. The zero-order valence-electron chi connectivity index (χ0n) is 10.7. The summed E-state index contributed by atoms with van der Waals surface area (Å²) in [5.41, 5.74) is 7.90. The Morgan fingerprint density at radius 3 is 2.53 bits per heavy atom. The fourth-order valence-electron chi connectivity index (χ4n) is 1.96. The highest BCUT2D eigenvalue weighted by Crippen LogP contribution is 2.23. The molecule has 0 saturated heterocycles. The van der Waals surface area contributed by atoms with E-state index in [9.17, 15) is 8.78 Å². The first-order chi connectivity index (χ1) is 9.06. The molecule has 0 aliphatic heterocycles. The van der Waals surface area contributed by atoms with E-state index >= 15 is 0 Å². The molecule has 0 bridgehead atoms. The molecule has 0 aromatic heterocycles. The van der Waals surface area contributed by atoms with Gasteiger partial charge in [-0.1, -0.05) is 12.1 Å². The van der Waals surface area contributed by atoms with Gasteiger partial charge in [-0.2, -0.15) is 0 Å². The Morgan fingerprint density at radius 1 is 1.05 bits per heavy atom. The molecule has 19 heavy (non-hydrogen) atoms. The lowest BCUT2D eigenvalue weighted by Gasteiger charge is -2.21. The van der Waals surface area contributed by atoms with Gasteiger partial charge in [-0.3, -0.25) is 0 Å². The van der Waals surface area contributed by atoms with E-state index in [2.05, 4.69) is 0 Å². The minimum absolute atomic E-state index is 0.245. The molecule has 0 heterocycles. The van der Waals surface area contributed by atoms with Gasteiger partial charge in [0.1, 0.15) is 11.6 Å². The smallest absolute Gasteiger partial charge is 0.125 e. The molecule has 0 aliphatic rings. The molecule has 2 nitrogen and oxygen atoms in total. The van der Waals surface area contributed by atoms with Crippen LogP contribution in [0.1, 0.15) is 5.56 Å². The van der Waals surface area contributed by atoms with Crippen LogP contribution < -0.4 is 10.6 Å². The normalized spacial score (nSPS) is 10.5. The van der Waals surface area contributed by atoms with Gasteiger partial charge in [0, 0.05) is 13.6 Å². The quantitative estimate of drug-likeness (QED) is 0.857. The van der Waals surface area contributed by atoms with Crippen LogP contribution in [-0.4, -0.2) is 13.6 Å². The molecule has 0 unspecified atom stereocenters. The summed E-state index contributed by atoms with van der Waals surface area (Å²) in [5, 5.41) is 0. The summed E-state index contributed by atoms with van der Waals surface area (Å²) in [5.74, 6) is -0.563. The van der Waals surface area contributed by atoms with E-state index in [-0.39, 0.29) is 11.6 Å². The third kappa shape index (κ3) is 3.44. The average molecular weight is 262 g/mol. The van der Waals surface area contributed by atoms with E-state index < -0.39 is 0 Å². The second-order valence-corrected chi connectivity index (χ2v) is 4.50. The Hall–Kier alpha value is -2.10. The van der Waals surface area contributed by atoms with Gasteiger partial charge in [-0.15, -0.1) is 0 Å². The number of nitrogen functional groups attached to an aromatic ring is 1. The Labute approximate surface area is 111 Å². The van der Waals surface area contributed by atoms with Crippen LogP contribution in [0.25, 0.3) is 0 Å². The van der Waals surface area contributed by atoms with Crippen molar-refractivity contribution in [3.63, 3.8) is 0 Å². The predicted octanol–water partition coefficient (Wildman–Crippen LogP) is 3.23. The number of anilines is 2. The molecule has 0 atom stereocenters. The van der Waals surface area contributed by atoms with Crippen molar-refractivity contribution < 1.29 is 8.78 Å². The first kappa shape index (κ1) is 13.3. The molecule has 0 saturated carbocycles. The van der Waals surface area contributed by atoms with Gasteiger partial charge in [0.2, 0.25) is 0 Å². The van der Waals surface area contributed by atoms with Crippen molar-refractivity contribution in [3.05, 3.63) is 59.7 Å². The van der Waals surface area contributed by atoms with Crippen LogP contribution in [0.5, 0.6) is 0 Å². The van der Waals surface area contributed by atoms with Crippen LogP contribution >= 0.6 is 0 Å². The van der Waals surface area contributed by atoms with Gasteiger partial charge < -0.3 is 10.6 Å². The van der Waals surface area contributed by atoms with E-state index in [0.717, 1.165) is 5.56 Å². The molecule has 2 aromatic carbocycles. The molecular weight excluding hydrogens is 246 g/mol. The fourth-order valence-corrected chi connectivity index (χ4v) is 1.96. The number of nitrogens with zero attached hydrogens (tertiary/aromatic N) is 1. The van der Waals surface area contributed by atoms with Crippen molar-refractivity contribution >= 4 is 11.4 Å².